The number of aryl methyl sites for hydroxylation is 3. The molecule has 0 spiro atoms. The first kappa shape index (κ1) is 20.6. The van der Waals surface area contributed by atoms with Crippen LogP contribution in [-0.2, 0) is 5.75 Å². The Hall–Kier alpha value is -2.70. The smallest absolute Gasteiger partial charge is 0.124 e. The molecule has 0 aliphatic rings. The fourth-order valence-electron chi connectivity index (χ4n) is 3.14. The Bertz CT molecular complexity index is 1170. The van der Waals surface area contributed by atoms with Gasteiger partial charge in [0, 0.05) is 11.3 Å². The second-order valence-electron chi connectivity index (χ2n) is 7.14. The van der Waals surface area contributed by atoms with Crippen LogP contribution in [0.1, 0.15) is 22.4 Å². The lowest BCUT2D eigenvalue weighted by Gasteiger charge is -2.06. The Morgan fingerprint density at radius 2 is 1.83 bits per heavy atom. The molecule has 2 aromatic heterocycles. The van der Waals surface area contributed by atoms with Gasteiger partial charge in [0.1, 0.15) is 21.5 Å². The van der Waals surface area contributed by atoms with Crippen LogP contribution in [0, 0.1) is 20.8 Å². The zero-order valence-electron chi connectivity index (χ0n) is 17.5. The molecule has 0 amide bonds. The molecule has 0 aliphatic carbocycles. The molecular formula is C24H23N3OS2. The predicted octanol–water partition coefficient (Wildman–Crippen LogP) is 6.49. The first-order valence-corrected chi connectivity index (χ1v) is 11.5. The van der Waals surface area contributed by atoms with E-state index < -0.39 is 0 Å². The number of methoxy groups -OCH3 is 1. The lowest BCUT2D eigenvalue weighted by atomic mass is 10.1. The van der Waals surface area contributed by atoms with E-state index in [9.17, 15) is 0 Å². The monoisotopic (exact) mass is 433 g/mol. The molecule has 0 atom stereocenters. The molecule has 2 heterocycles. The van der Waals surface area contributed by atoms with Crippen molar-refractivity contribution in [2.45, 2.75) is 31.6 Å². The summed E-state index contributed by atoms with van der Waals surface area (Å²) in [6.07, 6.45) is 0. The summed E-state index contributed by atoms with van der Waals surface area (Å²) < 4.78 is 5.33. The highest BCUT2D eigenvalue weighted by Crippen LogP contribution is 2.35. The summed E-state index contributed by atoms with van der Waals surface area (Å²) in [5.74, 6) is 1.72. The van der Waals surface area contributed by atoms with Crippen LogP contribution >= 0.6 is 23.1 Å². The quantitative estimate of drug-likeness (QED) is 0.325. The largest absolute Gasteiger partial charge is 0.497 e. The number of hydrogen-bond acceptors (Lipinski definition) is 6. The first-order valence-electron chi connectivity index (χ1n) is 9.68. The topological polar surface area (TPSA) is 47.9 Å². The average molecular weight is 434 g/mol. The minimum Gasteiger partial charge on any atom is -0.497 e. The van der Waals surface area contributed by atoms with Crippen molar-refractivity contribution in [3.63, 3.8) is 0 Å². The summed E-state index contributed by atoms with van der Waals surface area (Å²) in [7, 11) is 1.67. The van der Waals surface area contributed by atoms with Gasteiger partial charge >= 0.3 is 0 Å². The van der Waals surface area contributed by atoms with Crippen LogP contribution in [0.15, 0.2) is 59.6 Å². The standard InChI is InChI=1S/C24H23N3OS2/c1-15-8-9-16(2)19(12-15)14-29-22-11-10-21(26-27-22)23-17(3)25-24(30-23)18-6-5-7-20(13-18)28-4/h5-13H,14H2,1-4H3. The Labute approximate surface area is 185 Å². The second kappa shape index (κ2) is 8.98. The minimum absolute atomic E-state index is 0.826. The van der Waals surface area contributed by atoms with Crippen molar-refractivity contribution in [1.82, 2.24) is 15.2 Å². The molecule has 0 saturated carbocycles. The van der Waals surface area contributed by atoms with Crippen molar-refractivity contribution in [3.8, 4) is 26.9 Å². The van der Waals surface area contributed by atoms with Crippen molar-refractivity contribution >= 4 is 23.1 Å². The van der Waals surface area contributed by atoms with Crippen LogP contribution in [0.3, 0.4) is 0 Å². The van der Waals surface area contributed by atoms with E-state index in [1.165, 1.54) is 16.7 Å². The highest BCUT2D eigenvalue weighted by Gasteiger charge is 2.14. The van der Waals surface area contributed by atoms with Crippen LogP contribution in [-0.4, -0.2) is 22.3 Å². The maximum absolute atomic E-state index is 5.33. The van der Waals surface area contributed by atoms with E-state index in [0.717, 1.165) is 43.4 Å². The van der Waals surface area contributed by atoms with Crippen LogP contribution in [0.4, 0.5) is 0 Å². The molecule has 0 bridgehead atoms. The third-order valence-electron chi connectivity index (χ3n) is 4.87. The van der Waals surface area contributed by atoms with Crippen LogP contribution in [0.2, 0.25) is 0 Å². The van der Waals surface area contributed by atoms with Gasteiger partial charge in [0.15, 0.2) is 0 Å². The molecule has 2 aromatic carbocycles. The van der Waals surface area contributed by atoms with Gasteiger partial charge in [-0.15, -0.1) is 21.5 Å². The van der Waals surface area contributed by atoms with Gasteiger partial charge < -0.3 is 4.74 Å². The van der Waals surface area contributed by atoms with E-state index in [-0.39, 0.29) is 0 Å². The number of aromatic nitrogens is 3. The normalized spacial score (nSPS) is 10.9. The molecule has 152 valence electrons. The second-order valence-corrected chi connectivity index (χ2v) is 9.14. The summed E-state index contributed by atoms with van der Waals surface area (Å²) in [5, 5.41) is 10.8. The van der Waals surface area contributed by atoms with Gasteiger partial charge in [-0.1, -0.05) is 47.7 Å². The van der Waals surface area contributed by atoms with E-state index in [1.807, 2.05) is 43.3 Å². The maximum Gasteiger partial charge on any atom is 0.124 e. The minimum atomic E-state index is 0.826. The summed E-state index contributed by atoms with van der Waals surface area (Å²) in [6, 6.07) is 18.6. The van der Waals surface area contributed by atoms with Crippen molar-refractivity contribution < 1.29 is 4.74 Å². The molecule has 4 nitrogen and oxygen atoms in total. The van der Waals surface area contributed by atoms with Crippen molar-refractivity contribution in [2.24, 2.45) is 0 Å². The van der Waals surface area contributed by atoms with E-state index in [0.29, 0.717) is 0 Å². The lowest BCUT2D eigenvalue weighted by Crippen LogP contribution is -1.91. The number of rotatable bonds is 6. The summed E-state index contributed by atoms with van der Waals surface area (Å²) in [5.41, 5.74) is 6.79. The molecule has 0 aliphatic heterocycles. The maximum atomic E-state index is 5.33. The van der Waals surface area contributed by atoms with E-state index in [1.54, 1.807) is 30.2 Å². The van der Waals surface area contributed by atoms with Gasteiger partial charge in [-0.2, -0.15) is 0 Å². The number of ether oxygens (including phenoxy) is 1. The number of hydrogen-bond donors (Lipinski definition) is 0. The first-order chi connectivity index (χ1) is 14.5. The Balaban J connectivity index is 1.51. The summed E-state index contributed by atoms with van der Waals surface area (Å²) in [6.45, 7) is 6.29. The average Bonchev–Trinajstić information content (AvgIpc) is 3.16. The van der Waals surface area contributed by atoms with Gasteiger partial charge in [0.2, 0.25) is 0 Å². The number of benzene rings is 2. The fraction of sp³-hybridized carbons (Fsp3) is 0.208. The SMILES string of the molecule is COc1cccc(-c2nc(C)c(-c3ccc(SCc4cc(C)ccc4C)nn3)s2)c1. The zero-order valence-corrected chi connectivity index (χ0v) is 19.1. The third-order valence-corrected chi connectivity index (χ3v) is 7.06. The molecule has 0 unspecified atom stereocenters. The molecule has 6 heteroatoms. The van der Waals surface area contributed by atoms with E-state index in [4.69, 9.17) is 9.72 Å². The molecule has 0 radical (unpaired) electrons. The highest BCUT2D eigenvalue weighted by atomic mass is 32.2. The summed E-state index contributed by atoms with van der Waals surface area (Å²) >= 11 is 3.34. The number of nitrogens with zero attached hydrogens (tertiary/aromatic N) is 3. The Morgan fingerprint density at radius 3 is 2.60 bits per heavy atom. The molecule has 0 N–H and O–H groups in total. The van der Waals surface area contributed by atoms with Crippen LogP contribution < -0.4 is 4.74 Å². The van der Waals surface area contributed by atoms with Crippen molar-refractivity contribution in [1.29, 1.82) is 0 Å². The third kappa shape index (κ3) is 4.55. The van der Waals surface area contributed by atoms with Gasteiger partial charge in [0.05, 0.1) is 17.7 Å². The van der Waals surface area contributed by atoms with E-state index >= 15 is 0 Å². The van der Waals surface area contributed by atoms with Crippen molar-refractivity contribution in [3.05, 3.63) is 77.0 Å². The van der Waals surface area contributed by atoms with Crippen LogP contribution in [0.25, 0.3) is 21.1 Å². The molecule has 4 aromatic rings. The molecule has 4 rings (SSSR count). The van der Waals surface area contributed by atoms with Gasteiger partial charge in [-0.05, 0) is 56.2 Å². The molecular weight excluding hydrogens is 410 g/mol. The Morgan fingerprint density at radius 1 is 0.967 bits per heavy atom. The molecule has 0 fully saturated rings. The van der Waals surface area contributed by atoms with Crippen LogP contribution in [0.5, 0.6) is 5.75 Å². The van der Waals surface area contributed by atoms with Crippen molar-refractivity contribution in [2.75, 3.05) is 7.11 Å². The number of thioether (sulfide) groups is 1. The zero-order chi connectivity index (χ0) is 21.1. The molecule has 30 heavy (non-hydrogen) atoms. The van der Waals surface area contributed by atoms with E-state index in [2.05, 4.69) is 42.2 Å². The lowest BCUT2D eigenvalue weighted by molar-refractivity contribution is 0.415. The van der Waals surface area contributed by atoms with Gasteiger partial charge in [0.25, 0.3) is 0 Å². The number of thiazole rings is 1. The fourth-order valence-corrected chi connectivity index (χ4v) is 5.04. The molecule has 0 saturated heterocycles. The Kier molecular flexibility index (Phi) is 6.16. The highest BCUT2D eigenvalue weighted by molar-refractivity contribution is 7.98. The van der Waals surface area contributed by atoms with Gasteiger partial charge in [-0.3, -0.25) is 0 Å². The summed E-state index contributed by atoms with van der Waals surface area (Å²) in [4.78, 5) is 5.79. The van der Waals surface area contributed by atoms with Gasteiger partial charge in [-0.25, -0.2) is 4.98 Å². The predicted molar refractivity (Wildman–Crippen MR) is 125 cm³/mol.